The molecule has 0 heterocycles. The van der Waals surface area contributed by atoms with Crippen molar-refractivity contribution in [3.05, 3.63) is 0 Å². The van der Waals surface area contributed by atoms with Gasteiger partial charge in [0.1, 0.15) is 0 Å². The fourth-order valence-corrected chi connectivity index (χ4v) is 2.60. The Balaban J connectivity index is 2.22. The molecule has 0 radical (unpaired) electrons. The van der Waals surface area contributed by atoms with Gasteiger partial charge in [-0.15, -0.1) is 0 Å². The molecule has 18 heavy (non-hydrogen) atoms. The lowest BCUT2D eigenvalue weighted by Crippen LogP contribution is -2.42. The number of ether oxygens (including phenoxy) is 1. The number of alkyl halides is 3. The summed E-state index contributed by atoms with van der Waals surface area (Å²) in [5, 5.41) is 0. The molecule has 0 aliphatic heterocycles. The number of rotatable bonds is 6. The molecular formula is C13H24F3NO. The Kier molecular flexibility index (Phi) is 6.43. The van der Waals surface area contributed by atoms with Gasteiger partial charge in [-0.2, -0.15) is 13.2 Å². The molecule has 0 saturated heterocycles. The fraction of sp³-hybridized carbons (Fsp3) is 1.00. The maximum atomic E-state index is 12.0. The van der Waals surface area contributed by atoms with E-state index in [9.17, 15) is 13.2 Å². The lowest BCUT2D eigenvalue weighted by atomic mass is 9.82. The van der Waals surface area contributed by atoms with Gasteiger partial charge in [0.05, 0.1) is 6.10 Å². The van der Waals surface area contributed by atoms with Crippen molar-refractivity contribution in [2.75, 3.05) is 6.61 Å². The smallest absolute Gasteiger partial charge is 0.377 e. The van der Waals surface area contributed by atoms with Crippen LogP contribution >= 0.6 is 0 Å². The monoisotopic (exact) mass is 267 g/mol. The van der Waals surface area contributed by atoms with Crippen LogP contribution in [0.4, 0.5) is 13.2 Å². The molecule has 3 atom stereocenters. The third kappa shape index (κ3) is 6.05. The topological polar surface area (TPSA) is 35.2 Å². The summed E-state index contributed by atoms with van der Waals surface area (Å²) < 4.78 is 41.5. The Bertz CT molecular complexity index is 233. The molecule has 1 saturated carbocycles. The van der Waals surface area contributed by atoms with E-state index in [1.165, 1.54) is 0 Å². The van der Waals surface area contributed by atoms with Crippen LogP contribution in [0.1, 0.15) is 51.9 Å². The Morgan fingerprint density at radius 3 is 2.61 bits per heavy atom. The first-order valence-electron chi connectivity index (χ1n) is 6.86. The molecule has 2 nitrogen and oxygen atoms in total. The summed E-state index contributed by atoms with van der Waals surface area (Å²) >= 11 is 0. The number of halogens is 3. The van der Waals surface area contributed by atoms with Crippen molar-refractivity contribution in [3.63, 3.8) is 0 Å². The minimum Gasteiger partial charge on any atom is -0.377 e. The maximum absolute atomic E-state index is 12.0. The van der Waals surface area contributed by atoms with Crippen LogP contribution in [0, 0.1) is 5.92 Å². The predicted molar refractivity (Wildman–Crippen MR) is 65.3 cm³/mol. The van der Waals surface area contributed by atoms with E-state index in [1.54, 1.807) is 0 Å². The van der Waals surface area contributed by atoms with Crippen LogP contribution in [0.5, 0.6) is 0 Å². The minimum absolute atomic E-state index is 0.0102. The fourth-order valence-electron chi connectivity index (χ4n) is 2.60. The van der Waals surface area contributed by atoms with Crippen LogP contribution in [0.15, 0.2) is 0 Å². The minimum atomic E-state index is -4.08. The molecule has 0 amide bonds. The second kappa shape index (κ2) is 7.34. The zero-order valence-corrected chi connectivity index (χ0v) is 11.0. The molecule has 1 aliphatic carbocycles. The Morgan fingerprint density at radius 2 is 2.00 bits per heavy atom. The van der Waals surface area contributed by atoms with Gasteiger partial charge in [0.15, 0.2) is 0 Å². The van der Waals surface area contributed by atoms with Gasteiger partial charge in [0, 0.05) is 19.1 Å². The van der Waals surface area contributed by atoms with Crippen LogP contribution < -0.4 is 5.73 Å². The van der Waals surface area contributed by atoms with Gasteiger partial charge >= 0.3 is 6.18 Å². The average molecular weight is 267 g/mol. The molecule has 3 unspecified atom stereocenters. The van der Waals surface area contributed by atoms with Gasteiger partial charge in [0.2, 0.25) is 0 Å². The van der Waals surface area contributed by atoms with Crippen molar-refractivity contribution >= 4 is 0 Å². The SMILES string of the molecule is CCCC1CCC(N)C(OCCCC(F)(F)F)C1. The molecule has 0 aromatic carbocycles. The highest BCUT2D eigenvalue weighted by Crippen LogP contribution is 2.29. The second-order valence-corrected chi connectivity index (χ2v) is 5.26. The first-order valence-corrected chi connectivity index (χ1v) is 6.86. The molecule has 0 bridgehead atoms. The van der Waals surface area contributed by atoms with E-state index in [1.807, 2.05) is 0 Å². The molecule has 0 aromatic heterocycles. The standard InChI is InChI=1S/C13H24F3NO/c1-2-4-10-5-6-11(17)12(9-10)18-8-3-7-13(14,15)16/h10-12H,2-9,17H2,1H3. The Labute approximate surface area is 107 Å². The normalized spacial score (nSPS) is 29.5. The third-order valence-electron chi connectivity index (χ3n) is 3.58. The van der Waals surface area contributed by atoms with E-state index < -0.39 is 12.6 Å². The van der Waals surface area contributed by atoms with E-state index in [-0.39, 0.29) is 25.2 Å². The highest BCUT2D eigenvalue weighted by molar-refractivity contribution is 4.83. The highest BCUT2D eigenvalue weighted by Gasteiger charge is 2.29. The van der Waals surface area contributed by atoms with E-state index in [0.717, 1.165) is 32.1 Å². The van der Waals surface area contributed by atoms with Crippen LogP contribution in [-0.2, 0) is 4.74 Å². The summed E-state index contributed by atoms with van der Waals surface area (Å²) in [5.74, 6) is 0.627. The Morgan fingerprint density at radius 1 is 1.28 bits per heavy atom. The first-order chi connectivity index (χ1) is 8.42. The molecule has 1 rings (SSSR count). The largest absolute Gasteiger partial charge is 0.389 e. The highest BCUT2D eigenvalue weighted by atomic mass is 19.4. The Hall–Kier alpha value is -0.290. The zero-order valence-electron chi connectivity index (χ0n) is 11.0. The third-order valence-corrected chi connectivity index (χ3v) is 3.58. The van der Waals surface area contributed by atoms with Gasteiger partial charge in [-0.1, -0.05) is 19.8 Å². The molecule has 0 aromatic rings. The van der Waals surface area contributed by atoms with Crippen molar-refractivity contribution in [3.8, 4) is 0 Å². The lowest BCUT2D eigenvalue weighted by molar-refractivity contribution is -0.139. The van der Waals surface area contributed by atoms with Crippen LogP contribution in [0.3, 0.4) is 0 Å². The first kappa shape index (κ1) is 15.8. The predicted octanol–water partition coefficient (Wildman–Crippen LogP) is 3.64. The van der Waals surface area contributed by atoms with E-state index >= 15 is 0 Å². The quantitative estimate of drug-likeness (QED) is 0.746. The van der Waals surface area contributed by atoms with Crippen molar-refractivity contribution in [2.24, 2.45) is 11.7 Å². The van der Waals surface area contributed by atoms with Gasteiger partial charge in [0.25, 0.3) is 0 Å². The molecule has 1 fully saturated rings. The molecule has 2 N–H and O–H groups in total. The maximum Gasteiger partial charge on any atom is 0.389 e. The number of nitrogens with two attached hydrogens (primary N) is 1. The lowest BCUT2D eigenvalue weighted by Gasteiger charge is -2.34. The zero-order chi connectivity index (χ0) is 13.6. The summed E-state index contributed by atoms with van der Waals surface area (Å²) in [6, 6.07) is -0.0102. The second-order valence-electron chi connectivity index (χ2n) is 5.26. The van der Waals surface area contributed by atoms with Gasteiger partial charge in [-0.25, -0.2) is 0 Å². The summed E-state index contributed by atoms with van der Waals surface area (Å²) in [6.07, 6.45) is 0.382. The van der Waals surface area contributed by atoms with Crippen molar-refractivity contribution in [1.29, 1.82) is 0 Å². The van der Waals surface area contributed by atoms with Gasteiger partial charge in [-0.3, -0.25) is 0 Å². The molecule has 0 spiro atoms. The molecule has 1 aliphatic rings. The van der Waals surface area contributed by atoms with Crippen molar-refractivity contribution in [2.45, 2.75) is 70.2 Å². The number of hydrogen-bond donors (Lipinski definition) is 1. The van der Waals surface area contributed by atoms with Crippen LogP contribution in [0.25, 0.3) is 0 Å². The van der Waals surface area contributed by atoms with E-state index in [0.29, 0.717) is 5.92 Å². The van der Waals surface area contributed by atoms with Gasteiger partial charge < -0.3 is 10.5 Å². The summed E-state index contributed by atoms with van der Waals surface area (Å²) in [4.78, 5) is 0. The van der Waals surface area contributed by atoms with Crippen LogP contribution in [0.2, 0.25) is 0 Å². The molecule has 108 valence electrons. The van der Waals surface area contributed by atoms with E-state index in [2.05, 4.69) is 6.92 Å². The van der Waals surface area contributed by atoms with E-state index in [4.69, 9.17) is 10.5 Å². The molecule has 5 heteroatoms. The van der Waals surface area contributed by atoms with Gasteiger partial charge in [-0.05, 0) is 31.6 Å². The summed E-state index contributed by atoms with van der Waals surface area (Å²) in [5.41, 5.74) is 5.96. The molecular weight excluding hydrogens is 243 g/mol. The van der Waals surface area contributed by atoms with Crippen molar-refractivity contribution in [1.82, 2.24) is 0 Å². The summed E-state index contributed by atoms with van der Waals surface area (Å²) in [6.45, 7) is 2.31. The number of hydrogen-bond acceptors (Lipinski definition) is 2. The average Bonchev–Trinajstić information content (AvgIpc) is 2.27. The summed E-state index contributed by atoms with van der Waals surface area (Å²) in [7, 11) is 0. The van der Waals surface area contributed by atoms with Crippen LogP contribution in [-0.4, -0.2) is 24.9 Å². The van der Waals surface area contributed by atoms with Crippen molar-refractivity contribution < 1.29 is 17.9 Å².